The molecule has 3 rings (SSSR count). The summed E-state index contributed by atoms with van der Waals surface area (Å²) >= 11 is 0. The van der Waals surface area contributed by atoms with Crippen LogP contribution in [0.2, 0.25) is 0 Å². The van der Waals surface area contributed by atoms with E-state index in [-0.39, 0.29) is 18.6 Å². The number of carbonyl (C=O) groups excluding carboxylic acids is 2. The van der Waals surface area contributed by atoms with Crippen LogP contribution in [0.25, 0.3) is 0 Å². The summed E-state index contributed by atoms with van der Waals surface area (Å²) < 4.78 is 5.36. The molecule has 1 aliphatic rings. The summed E-state index contributed by atoms with van der Waals surface area (Å²) in [6.07, 6.45) is 0.0883. The van der Waals surface area contributed by atoms with Crippen molar-refractivity contribution in [2.75, 3.05) is 26.2 Å². The fraction of sp³-hybridized carbons (Fsp3) is 0.333. The Morgan fingerprint density at radius 2 is 1.50 bits per heavy atom. The number of hydrogen-bond donors (Lipinski definition) is 0. The molecule has 5 heteroatoms. The van der Waals surface area contributed by atoms with E-state index in [0.717, 1.165) is 16.7 Å². The topological polar surface area (TPSA) is 49.9 Å². The molecule has 1 heterocycles. The minimum Gasteiger partial charge on any atom is -0.445 e. The molecule has 0 radical (unpaired) electrons. The van der Waals surface area contributed by atoms with Gasteiger partial charge in [0.05, 0.1) is 6.42 Å². The number of amides is 2. The van der Waals surface area contributed by atoms with Crippen LogP contribution < -0.4 is 0 Å². The Bertz CT molecular complexity index is 753. The molecule has 1 saturated heterocycles. The van der Waals surface area contributed by atoms with Gasteiger partial charge in [-0.05, 0) is 23.6 Å². The van der Waals surface area contributed by atoms with Crippen LogP contribution in [0, 0.1) is 6.92 Å². The molecule has 0 aliphatic carbocycles. The zero-order chi connectivity index (χ0) is 18.4. The molecule has 5 nitrogen and oxygen atoms in total. The molecule has 2 amide bonds. The van der Waals surface area contributed by atoms with E-state index in [1.807, 2.05) is 66.4 Å². The number of piperazine rings is 1. The standard InChI is InChI=1S/C21H24N2O3/c1-17-7-5-6-10-19(17)15-20(24)22-11-13-23(14-12-22)21(25)26-16-18-8-3-2-4-9-18/h2-10H,11-16H2,1H3. The molecule has 2 aromatic carbocycles. The lowest BCUT2D eigenvalue weighted by atomic mass is 10.1. The van der Waals surface area contributed by atoms with Crippen molar-refractivity contribution in [3.05, 3.63) is 71.3 Å². The van der Waals surface area contributed by atoms with Crippen molar-refractivity contribution in [1.82, 2.24) is 9.80 Å². The third kappa shape index (κ3) is 4.63. The molecule has 2 aromatic rings. The zero-order valence-corrected chi connectivity index (χ0v) is 15.1. The molecule has 0 N–H and O–H groups in total. The van der Waals surface area contributed by atoms with Gasteiger partial charge in [-0.1, -0.05) is 54.6 Å². The molecule has 1 fully saturated rings. The lowest BCUT2D eigenvalue weighted by Crippen LogP contribution is -2.51. The second kappa shape index (κ2) is 8.52. The van der Waals surface area contributed by atoms with Crippen molar-refractivity contribution in [2.24, 2.45) is 0 Å². The third-order valence-electron chi connectivity index (χ3n) is 4.70. The largest absolute Gasteiger partial charge is 0.445 e. The van der Waals surface area contributed by atoms with Crippen LogP contribution in [0.4, 0.5) is 4.79 Å². The van der Waals surface area contributed by atoms with Crippen molar-refractivity contribution in [1.29, 1.82) is 0 Å². The highest BCUT2D eigenvalue weighted by Crippen LogP contribution is 2.12. The van der Waals surface area contributed by atoms with Crippen molar-refractivity contribution < 1.29 is 14.3 Å². The molecule has 0 bridgehead atoms. The number of rotatable bonds is 4. The maximum atomic E-state index is 12.5. The fourth-order valence-corrected chi connectivity index (χ4v) is 3.03. The SMILES string of the molecule is Cc1ccccc1CC(=O)N1CCN(C(=O)OCc2ccccc2)CC1. The molecule has 0 atom stereocenters. The van der Waals surface area contributed by atoms with E-state index in [9.17, 15) is 9.59 Å². The van der Waals surface area contributed by atoms with Crippen LogP contribution in [0.3, 0.4) is 0 Å². The van der Waals surface area contributed by atoms with E-state index in [0.29, 0.717) is 32.6 Å². The van der Waals surface area contributed by atoms with Gasteiger partial charge in [-0.3, -0.25) is 4.79 Å². The first-order chi connectivity index (χ1) is 12.6. The molecule has 26 heavy (non-hydrogen) atoms. The van der Waals surface area contributed by atoms with Crippen molar-refractivity contribution in [2.45, 2.75) is 20.0 Å². The molecule has 0 saturated carbocycles. The molecule has 0 spiro atoms. The minimum absolute atomic E-state index is 0.108. The second-order valence-corrected chi connectivity index (χ2v) is 6.51. The summed E-state index contributed by atoms with van der Waals surface area (Å²) in [7, 11) is 0. The first-order valence-corrected chi connectivity index (χ1v) is 8.91. The van der Waals surface area contributed by atoms with Crippen LogP contribution in [-0.2, 0) is 22.6 Å². The van der Waals surface area contributed by atoms with Crippen LogP contribution >= 0.6 is 0 Å². The molecular weight excluding hydrogens is 328 g/mol. The van der Waals surface area contributed by atoms with Crippen molar-refractivity contribution in [3.8, 4) is 0 Å². The van der Waals surface area contributed by atoms with Crippen LogP contribution in [0.5, 0.6) is 0 Å². The predicted octanol–water partition coefficient (Wildman–Crippen LogP) is 3.02. The highest BCUT2D eigenvalue weighted by atomic mass is 16.6. The highest BCUT2D eigenvalue weighted by Gasteiger charge is 2.25. The summed E-state index contributed by atoms with van der Waals surface area (Å²) in [5.74, 6) is 0.108. The maximum absolute atomic E-state index is 12.5. The average Bonchev–Trinajstić information content (AvgIpc) is 2.69. The van der Waals surface area contributed by atoms with Crippen LogP contribution in [0.1, 0.15) is 16.7 Å². The highest BCUT2D eigenvalue weighted by molar-refractivity contribution is 5.79. The Hall–Kier alpha value is -2.82. The van der Waals surface area contributed by atoms with Gasteiger partial charge < -0.3 is 14.5 Å². The normalized spacial score (nSPS) is 14.2. The molecule has 136 valence electrons. The average molecular weight is 352 g/mol. The number of ether oxygens (including phenoxy) is 1. The van der Waals surface area contributed by atoms with E-state index in [2.05, 4.69) is 0 Å². The quantitative estimate of drug-likeness (QED) is 0.850. The number of aryl methyl sites for hydroxylation is 1. The van der Waals surface area contributed by atoms with Crippen molar-refractivity contribution in [3.63, 3.8) is 0 Å². The Kier molecular flexibility index (Phi) is 5.89. The van der Waals surface area contributed by atoms with Gasteiger partial charge in [0.15, 0.2) is 0 Å². The Morgan fingerprint density at radius 1 is 0.885 bits per heavy atom. The lowest BCUT2D eigenvalue weighted by Gasteiger charge is -2.34. The van der Waals surface area contributed by atoms with E-state index in [1.165, 1.54) is 0 Å². The zero-order valence-electron chi connectivity index (χ0n) is 15.1. The van der Waals surface area contributed by atoms with Gasteiger partial charge in [0.1, 0.15) is 6.61 Å². The summed E-state index contributed by atoms with van der Waals surface area (Å²) in [6, 6.07) is 17.6. The van der Waals surface area contributed by atoms with Crippen molar-refractivity contribution >= 4 is 12.0 Å². The number of hydrogen-bond acceptors (Lipinski definition) is 3. The number of carbonyl (C=O) groups is 2. The predicted molar refractivity (Wildman–Crippen MR) is 99.7 cm³/mol. The monoisotopic (exact) mass is 352 g/mol. The molecule has 0 unspecified atom stereocenters. The Balaban J connectivity index is 1.45. The summed E-state index contributed by atoms with van der Waals surface area (Å²) in [4.78, 5) is 28.2. The fourth-order valence-electron chi connectivity index (χ4n) is 3.03. The van der Waals surface area contributed by atoms with Gasteiger partial charge in [-0.15, -0.1) is 0 Å². The molecule has 1 aliphatic heterocycles. The van der Waals surface area contributed by atoms with E-state index < -0.39 is 0 Å². The Morgan fingerprint density at radius 3 is 2.19 bits per heavy atom. The molecular formula is C21H24N2O3. The van der Waals surface area contributed by atoms with E-state index in [4.69, 9.17) is 4.74 Å². The van der Waals surface area contributed by atoms with Gasteiger partial charge in [0.2, 0.25) is 5.91 Å². The smallest absolute Gasteiger partial charge is 0.410 e. The number of nitrogens with zero attached hydrogens (tertiary/aromatic N) is 2. The van der Waals surface area contributed by atoms with Gasteiger partial charge in [0, 0.05) is 26.2 Å². The summed E-state index contributed by atoms with van der Waals surface area (Å²) in [5, 5.41) is 0. The second-order valence-electron chi connectivity index (χ2n) is 6.51. The maximum Gasteiger partial charge on any atom is 0.410 e. The summed E-state index contributed by atoms with van der Waals surface area (Å²) in [5.41, 5.74) is 3.15. The number of benzene rings is 2. The van der Waals surface area contributed by atoms with E-state index >= 15 is 0 Å². The van der Waals surface area contributed by atoms with Gasteiger partial charge >= 0.3 is 6.09 Å². The van der Waals surface area contributed by atoms with E-state index in [1.54, 1.807) is 4.90 Å². The first kappa shape index (κ1) is 18.0. The van der Waals surface area contributed by atoms with Crippen LogP contribution in [0.15, 0.2) is 54.6 Å². The minimum atomic E-state index is -0.320. The lowest BCUT2D eigenvalue weighted by molar-refractivity contribution is -0.132. The van der Waals surface area contributed by atoms with Gasteiger partial charge in [-0.25, -0.2) is 4.79 Å². The third-order valence-corrected chi connectivity index (χ3v) is 4.70. The van der Waals surface area contributed by atoms with Gasteiger partial charge in [0.25, 0.3) is 0 Å². The Labute approximate surface area is 154 Å². The molecule has 0 aromatic heterocycles. The first-order valence-electron chi connectivity index (χ1n) is 8.91. The van der Waals surface area contributed by atoms with Crippen LogP contribution in [-0.4, -0.2) is 48.0 Å². The summed E-state index contributed by atoms with van der Waals surface area (Å²) in [6.45, 7) is 4.39. The van der Waals surface area contributed by atoms with Gasteiger partial charge in [-0.2, -0.15) is 0 Å².